The van der Waals surface area contributed by atoms with Crippen LogP contribution in [0, 0.1) is 6.92 Å². The van der Waals surface area contributed by atoms with Crippen molar-refractivity contribution in [2.75, 3.05) is 5.32 Å². The van der Waals surface area contributed by atoms with Crippen LogP contribution in [0.4, 0.5) is 5.69 Å². The SMILES string of the molecule is Cc1cncc(NC(=O)c2cccc(CCl)c2)c1. The zero-order valence-electron chi connectivity index (χ0n) is 9.98. The molecule has 2 rings (SSSR count). The van der Waals surface area contributed by atoms with Crippen molar-refractivity contribution in [3.05, 3.63) is 59.4 Å². The molecule has 0 saturated carbocycles. The van der Waals surface area contributed by atoms with Gasteiger partial charge in [-0.2, -0.15) is 0 Å². The van der Waals surface area contributed by atoms with Gasteiger partial charge in [-0.15, -0.1) is 11.6 Å². The summed E-state index contributed by atoms with van der Waals surface area (Å²) in [5.41, 5.74) is 3.21. The highest BCUT2D eigenvalue weighted by Crippen LogP contribution is 2.12. The van der Waals surface area contributed by atoms with Gasteiger partial charge < -0.3 is 5.32 Å². The number of pyridine rings is 1. The van der Waals surface area contributed by atoms with Gasteiger partial charge in [-0.3, -0.25) is 9.78 Å². The van der Waals surface area contributed by atoms with Gasteiger partial charge >= 0.3 is 0 Å². The highest BCUT2D eigenvalue weighted by molar-refractivity contribution is 6.17. The first-order valence-corrected chi connectivity index (χ1v) is 6.10. The van der Waals surface area contributed by atoms with Gasteiger partial charge in [0.05, 0.1) is 11.9 Å². The molecular formula is C14H13ClN2O. The smallest absolute Gasteiger partial charge is 0.255 e. The molecule has 92 valence electrons. The molecule has 0 aliphatic carbocycles. The van der Waals surface area contributed by atoms with Crippen molar-refractivity contribution in [3.63, 3.8) is 0 Å². The van der Waals surface area contributed by atoms with E-state index in [2.05, 4.69) is 10.3 Å². The summed E-state index contributed by atoms with van der Waals surface area (Å²) < 4.78 is 0. The van der Waals surface area contributed by atoms with Crippen LogP contribution in [0.5, 0.6) is 0 Å². The third kappa shape index (κ3) is 3.08. The topological polar surface area (TPSA) is 42.0 Å². The molecule has 1 aromatic heterocycles. The Kier molecular flexibility index (Phi) is 3.95. The van der Waals surface area contributed by atoms with E-state index in [9.17, 15) is 4.79 Å². The standard InChI is InChI=1S/C14H13ClN2O/c1-10-5-13(9-16-8-10)17-14(18)12-4-2-3-11(6-12)7-15/h2-6,8-9H,7H2,1H3,(H,17,18). The van der Waals surface area contributed by atoms with E-state index in [0.29, 0.717) is 17.1 Å². The second kappa shape index (κ2) is 5.65. The van der Waals surface area contributed by atoms with Gasteiger partial charge in [-0.1, -0.05) is 12.1 Å². The van der Waals surface area contributed by atoms with Gasteiger partial charge in [0.15, 0.2) is 0 Å². The third-order valence-electron chi connectivity index (χ3n) is 2.48. The average Bonchev–Trinajstić information content (AvgIpc) is 2.39. The number of aromatic nitrogens is 1. The van der Waals surface area contributed by atoms with Crippen LogP contribution in [0.25, 0.3) is 0 Å². The third-order valence-corrected chi connectivity index (χ3v) is 2.78. The Labute approximate surface area is 111 Å². The van der Waals surface area contributed by atoms with Crippen LogP contribution in [0.3, 0.4) is 0 Å². The lowest BCUT2D eigenvalue weighted by atomic mass is 10.1. The zero-order chi connectivity index (χ0) is 13.0. The maximum atomic E-state index is 12.0. The van der Waals surface area contributed by atoms with Gasteiger partial charge in [0.1, 0.15) is 0 Å². The van der Waals surface area contributed by atoms with Gasteiger partial charge in [0.25, 0.3) is 5.91 Å². The fourth-order valence-electron chi connectivity index (χ4n) is 1.62. The Morgan fingerprint density at radius 1 is 1.33 bits per heavy atom. The molecule has 0 aliphatic heterocycles. The fourth-order valence-corrected chi connectivity index (χ4v) is 1.79. The Hall–Kier alpha value is -1.87. The number of hydrogen-bond donors (Lipinski definition) is 1. The van der Waals surface area contributed by atoms with Crippen molar-refractivity contribution in [1.82, 2.24) is 4.98 Å². The molecule has 0 unspecified atom stereocenters. The molecule has 4 heteroatoms. The van der Waals surface area contributed by atoms with Crippen LogP contribution < -0.4 is 5.32 Å². The first kappa shape index (κ1) is 12.6. The second-order valence-corrected chi connectivity index (χ2v) is 4.31. The Balaban J connectivity index is 2.16. The first-order chi connectivity index (χ1) is 8.69. The number of rotatable bonds is 3. The largest absolute Gasteiger partial charge is 0.321 e. The lowest BCUT2D eigenvalue weighted by molar-refractivity contribution is 0.102. The predicted octanol–water partition coefficient (Wildman–Crippen LogP) is 3.38. The highest BCUT2D eigenvalue weighted by atomic mass is 35.5. The summed E-state index contributed by atoms with van der Waals surface area (Å²) in [6, 6.07) is 9.12. The van der Waals surface area contributed by atoms with E-state index in [1.54, 1.807) is 24.5 Å². The van der Waals surface area contributed by atoms with Crippen molar-refractivity contribution in [2.45, 2.75) is 12.8 Å². The number of hydrogen-bond acceptors (Lipinski definition) is 2. The molecule has 0 saturated heterocycles. The molecule has 18 heavy (non-hydrogen) atoms. The van der Waals surface area contributed by atoms with Crippen LogP contribution in [0.1, 0.15) is 21.5 Å². The van der Waals surface area contributed by atoms with Gasteiger partial charge in [-0.25, -0.2) is 0 Å². The summed E-state index contributed by atoms with van der Waals surface area (Å²) >= 11 is 5.74. The lowest BCUT2D eigenvalue weighted by Crippen LogP contribution is -2.12. The van der Waals surface area contributed by atoms with Crippen molar-refractivity contribution in [2.24, 2.45) is 0 Å². The fraction of sp³-hybridized carbons (Fsp3) is 0.143. The van der Waals surface area contributed by atoms with Crippen LogP contribution in [0.15, 0.2) is 42.7 Å². The number of nitrogens with one attached hydrogen (secondary N) is 1. The van der Waals surface area contributed by atoms with E-state index in [1.165, 1.54) is 0 Å². The number of alkyl halides is 1. The summed E-state index contributed by atoms with van der Waals surface area (Å²) in [5.74, 6) is 0.238. The predicted molar refractivity (Wildman–Crippen MR) is 72.9 cm³/mol. The average molecular weight is 261 g/mol. The minimum absolute atomic E-state index is 0.158. The van der Waals surface area contributed by atoms with E-state index in [-0.39, 0.29) is 5.91 Å². The lowest BCUT2D eigenvalue weighted by Gasteiger charge is -2.06. The molecule has 1 amide bonds. The number of carbonyl (C=O) groups excluding carboxylic acids is 1. The number of halogens is 1. The van der Waals surface area contributed by atoms with Crippen molar-refractivity contribution in [1.29, 1.82) is 0 Å². The summed E-state index contributed by atoms with van der Waals surface area (Å²) in [6.45, 7) is 1.93. The summed E-state index contributed by atoms with van der Waals surface area (Å²) in [7, 11) is 0. The van der Waals surface area contributed by atoms with E-state index < -0.39 is 0 Å². The summed E-state index contributed by atoms with van der Waals surface area (Å²) in [4.78, 5) is 16.0. The van der Waals surface area contributed by atoms with Crippen LogP contribution in [-0.2, 0) is 5.88 Å². The maximum absolute atomic E-state index is 12.0. The van der Waals surface area contributed by atoms with Crippen LogP contribution in [0.2, 0.25) is 0 Å². The van der Waals surface area contributed by atoms with Crippen LogP contribution in [-0.4, -0.2) is 10.9 Å². The Morgan fingerprint density at radius 2 is 2.17 bits per heavy atom. The molecule has 0 spiro atoms. The molecule has 0 atom stereocenters. The molecule has 0 radical (unpaired) electrons. The minimum Gasteiger partial charge on any atom is -0.321 e. The second-order valence-electron chi connectivity index (χ2n) is 4.04. The molecule has 0 aliphatic rings. The molecule has 1 N–H and O–H groups in total. The van der Waals surface area contributed by atoms with Crippen molar-refractivity contribution in [3.8, 4) is 0 Å². The molecule has 2 aromatic rings. The number of anilines is 1. The van der Waals surface area contributed by atoms with Gasteiger partial charge in [0, 0.05) is 17.6 Å². The number of carbonyl (C=O) groups is 1. The minimum atomic E-state index is -0.158. The molecule has 3 nitrogen and oxygen atoms in total. The number of amides is 1. The maximum Gasteiger partial charge on any atom is 0.255 e. The van der Waals surface area contributed by atoms with E-state index in [4.69, 9.17) is 11.6 Å². The van der Waals surface area contributed by atoms with Gasteiger partial charge in [0.2, 0.25) is 0 Å². The van der Waals surface area contributed by atoms with E-state index in [1.807, 2.05) is 25.1 Å². The molecule has 1 aromatic carbocycles. The first-order valence-electron chi connectivity index (χ1n) is 5.57. The number of benzene rings is 1. The highest BCUT2D eigenvalue weighted by Gasteiger charge is 2.06. The van der Waals surface area contributed by atoms with Crippen LogP contribution >= 0.6 is 11.6 Å². The van der Waals surface area contributed by atoms with E-state index in [0.717, 1.165) is 11.1 Å². The molecular weight excluding hydrogens is 248 g/mol. The monoisotopic (exact) mass is 260 g/mol. The molecule has 0 bridgehead atoms. The summed E-state index contributed by atoms with van der Waals surface area (Å²) in [5, 5.41) is 2.81. The van der Waals surface area contributed by atoms with Gasteiger partial charge in [-0.05, 0) is 36.2 Å². The molecule has 1 heterocycles. The van der Waals surface area contributed by atoms with Crippen molar-refractivity contribution < 1.29 is 4.79 Å². The molecule has 0 fully saturated rings. The number of nitrogens with zero attached hydrogens (tertiary/aromatic N) is 1. The number of aryl methyl sites for hydroxylation is 1. The quantitative estimate of drug-likeness (QED) is 0.860. The van der Waals surface area contributed by atoms with Crippen molar-refractivity contribution >= 4 is 23.2 Å². The zero-order valence-corrected chi connectivity index (χ0v) is 10.7. The van der Waals surface area contributed by atoms with E-state index >= 15 is 0 Å². The normalized spacial score (nSPS) is 10.1. The summed E-state index contributed by atoms with van der Waals surface area (Å²) in [6.07, 6.45) is 3.36. The Morgan fingerprint density at radius 3 is 2.89 bits per heavy atom. The Bertz CT molecular complexity index is 569.